The molecule has 0 bridgehead atoms. The van der Waals surface area contributed by atoms with Crippen LogP contribution in [0.5, 0.6) is 0 Å². The number of ketones is 2. The highest BCUT2D eigenvalue weighted by molar-refractivity contribution is 6.13. The van der Waals surface area contributed by atoms with E-state index >= 15 is 0 Å². The lowest BCUT2D eigenvalue weighted by atomic mass is 9.72. The number of allylic oxidation sites excluding steroid dienone is 2. The van der Waals surface area contributed by atoms with Crippen LogP contribution in [0, 0.1) is 5.41 Å². The second-order valence-corrected chi connectivity index (χ2v) is 4.71. The normalized spacial score (nSPS) is 21.6. The Morgan fingerprint density at radius 2 is 1.75 bits per heavy atom. The number of alkyl halides is 3. The van der Waals surface area contributed by atoms with Crippen molar-refractivity contribution in [2.45, 2.75) is 39.8 Å². The fourth-order valence-corrected chi connectivity index (χ4v) is 1.87. The van der Waals surface area contributed by atoms with Crippen molar-refractivity contribution in [1.82, 2.24) is 0 Å². The highest BCUT2D eigenvalue weighted by Crippen LogP contribution is 2.37. The molecule has 0 saturated carbocycles. The van der Waals surface area contributed by atoms with Crippen molar-refractivity contribution in [2.24, 2.45) is 5.41 Å². The predicted octanol–water partition coefficient (Wildman–Crippen LogP) is 2.82. The number of rotatable bonds is 1. The Hall–Kier alpha value is -1.13. The lowest BCUT2D eigenvalue weighted by Gasteiger charge is -2.29. The van der Waals surface area contributed by atoms with Crippen molar-refractivity contribution in [3.05, 3.63) is 11.1 Å². The van der Waals surface area contributed by atoms with Crippen LogP contribution in [0.4, 0.5) is 13.2 Å². The molecule has 0 atom stereocenters. The molecule has 90 valence electrons. The minimum Gasteiger partial charge on any atom is -0.295 e. The molecule has 0 aromatic rings. The van der Waals surface area contributed by atoms with Crippen molar-refractivity contribution >= 4 is 11.6 Å². The van der Waals surface area contributed by atoms with E-state index in [0.717, 1.165) is 0 Å². The Balaban J connectivity index is 3.13. The standard InChI is InChI=1S/C11H13F3O2/c1-6-7(4-11(12,13)14)8(15)5-10(2,3)9(6)16/h4-5H2,1-3H3. The molecule has 2 nitrogen and oxygen atoms in total. The number of hydrogen-bond donors (Lipinski definition) is 0. The topological polar surface area (TPSA) is 34.1 Å². The Bertz CT molecular complexity index is 375. The van der Waals surface area contributed by atoms with Gasteiger partial charge in [-0.15, -0.1) is 0 Å². The van der Waals surface area contributed by atoms with Gasteiger partial charge in [-0.1, -0.05) is 13.8 Å². The van der Waals surface area contributed by atoms with E-state index < -0.39 is 23.8 Å². The smallest absolute Gasteiger partial charge is 0.295 e. The molecule has 0 amide bonds. The van der Waals surface area contributed by atoms with E-state index in [1.54, 1.807) is 13.8 Å². The van der Waals surface area contributed by atoms with E-state index in [4.69, 9.17) is 0 Å². The largest absolute Gasteiger partial charge is 0.393 e. The van der Waals surface area contributed by atoms with Gasteiger partial charge in [0.1, 0.15) is 0 Å². The SMILES string of the molecule is CC1=C(CC(F)(F)F)C(=O)CC(C)(C)C1=O. The Labute approximate surface area is 91.5 Å². The van der Waals surface area contributed by atoms with Gasteiger partial charge in [0.15, 0.2) is 11.6 Å². The van der Waals surface area contributed by atoms with Gasteiger partial charge in [-0.05, 0) is 12.5 Å². The molecule has 0 unspecified atom stereocenters. The van der Waals surface area contributed by atoms with Crippen LogP contribution in [0.25, 0.3) is 0 Å². The average Bonchev–Trinajstić information content (AvgIpc) is 2.07. The van der Waals surface area contributed by atoms with Crippen molar-refractivity contribution in [3.63, 3.8) is 0 Å². The Morgan fingerprint density at radius 3 is 2.19 bits per heavy atom. The van der Waals surface area contributed by atoms with Gasteiger partial charge < -0.3 is 0 Å². The van der Waals surface area contributed by atoms with E-state index in [-0.39, 0.29) is 23.4 Å². The third-order valence-electron chi connectivity index (χ3n) is 2.72. The lowest BCUT2D eigenvalue weighted by Crippen LogP contribution is -2.35. The van der Waals surface area contributed by atoms with Crippen LogP contribution < -0.4 is 0 Å². The summed E-state index contributed by atoms with van der Waals surface area (Å²) in [6, 6.07) is 0. The molecule has 1 aliphatic rings. The second kappa shape index (κ2) is 3.71. The summed E-state index contributed by atoms with van der Waals surface area (Å²) >= 11 is 0. The minimum atomic E-state index is -4.45. The van der Waals surface area contributed by atoms with E-state index in [2.05, 4.69) is 0 Å². The molecule has 0 aromatic carbocycles. The van der Waals surface area contributed by atoms with Crippen LogP contribution in [-0.2, 0) is 9.59 Å². The first kappa shape index (κ1) is 12.9. The number of halogens is 3. The molecule has 0 fully saturated rings. The minimum absolute atomic E-state index is 0.0430. The predicted molar refractivity (Wildman–Crippen MR) is 51.8 cm³/mol. The number of hydrogen-bond acceptors (Lipinski definition) is 2. The van der Waals surface area contributed by atoms with Crippen molar-refractivity contribution in [1.29, 1.82) is 0 Å². The highest BCUT2D eigenvalue weighted by Gasteiger charge is 2.42. The summed E-state index contributed by atoms with van der Waals surface area (Å²) in [5.41, 5.74) is -1.30. The first-order chi connectivity index (χ1) is 7.04. The average molecular weight is 234 g/mol. The maximum Gasteiger partial charge on any atom is 0.393 e. The van der Waals surface area contributed by atoms with Crippen LogP contribution >= 0.6 is 0 Å². The third kappa shape index (κ3) is 2.51. The molecule has 0 radical (unpaired) electrons. The van der Waals surface area contributed by atoms with E-state index in [9.17, 15) is 22.8 Å². The van der Waals surface area contributed by atoms with E-state index in [1.165, 1.54) is 6.92 Å². The van der Waals surface area contributed by atoms with Crippen LogP contribution in [-0.4, -0.2) is 17.7 Å². The van der Waals surface area contributed by atoms with E-state index in [0.29, 0.717) is 0 Å². The first-order valence-electron chi connectivity index (χ1n) is 4.89. The molecule has 0 aromatic heterocycles. The molecule has 0 saturated heterocycles. The molecule has 5 heteroatoms. The van der Waals surface area contributed by atoms with E-state index in [1.807, 2.05) is 0 Å². The van der Waals surface area contributed by atoms with Gasteiger partial charge >= 0.3 is 6.18 Å². The van der Waals surface area contributed by atoms with Gasteiger partial charge in [-0.25, -0.2) is 0 Å². The molecule has 1 rings (SSSR count). The lowest BCUT2D eigenvalue weighted by molar-refractivity contribution is -0.138. The fraction of sp³-hybridized carbons (Fsp3) is 0.636. The molecule has 0 heterocycles. The Kier molecular flexibility index (Phi) is 3.00. The van der Waals surface area contributed by atoms with Crippen LogP contribution in [0.15, 0.2) is 11.1 Å². The Morgan fingerprint density at radius 1 is 1.25 bits per heavy atom. The zero-order chi connectivity index (χ0) is 12.7. The number of Topliss-reactive ketones (excluding diaryl/α,β-unsaturated/α-hetero) is 2. The number of carbonyl (C=O) groups is 2. The molecule has 16 heavy (non-hydrogen) atoms. The summed E-state index contributed by atoms with van der Waals surface area (Å²) in [5, 5.41) is 0. The summed E-state index contributed by atoms with van der Waals surface area (Å²) < 4.78 is 36.6. The maximum atomic E-state index is 12.2. The zero-order valence-corrected chi connectivity index (χ0v) is 9.36. The van der Waals surface area contributed by atoms with Gasteiger partial charge in [0.2, 0.25) is 0 Å². The fourth-order valence-electron chi connectivity index (χ4n) is 1.87. The first-order valence-corrected chi connectivity index (χ1v) is 4.89. The molecular weight excluding hydrogens is 221 g/mol. The molecular formula is C11H13F3O2. The summed E-state index contributed by atoms with van der Waals surface area (Å²) in [7, 11) is 0. The second-order valence-electron chi connectivity index (χ2n) is 4.71. The van der Waals surface area contributed by atoms with Gasteiger partial charge in [0.05, 0.1) is 6.42 Å². The van der Waals surface area contributed by atoms with Crippen molar-refractivity contribution in [3.8, 4) is 0 Å². The van der Waals surface area contributed by atoms with Gasteiger partial charge in [-0.3, -0.25) is 9.59 Å². The molecule has 0 aliphatic heterocycles. The zero-order valence-electron chi connectivity index (χ0n) is 9.36. The molecule has 0 spiro atoms. The van der Waals surface area contributed by atoms with Gasteiger partial charge in [0, 0.05) is 17.4 Å². The monoisotopic (exact) mass is 234 g/mol. The van der Waals surface area contributed by atoms with Crippen LogP contribution in [0.3, 0.4) is 0 Å². The van der Waals surface area contributed by atoms with Crippen molar-refractivity contribution in [2.75, 3.05) is 0 Å². The van der Waals surface area contributed by atoms with Crippen molar-refractivity contribution < 1.29 is 22.8 Å². The summed E-state index contributed by atoms with van der Waals surface area (Å²) in [5.74, 6) is -0.939. The van der Waals surface area contributed by atoms with Gasteiger partial charge in [-0.2, -0.15) is 13.2 Å². The quantitative estimate of drug-likeness (QED) is 0.699. The highest BCUT2D eigenvalue weighted by atomic mass is 19.4. The summed E-state index contributed by atoms with van der Waals surface area (Å²) in [6.07, 6.45) is -5.90. The van der Waals surface area contributed by atoms with Crippen LogP contribution in [0.1, 0.15) is 33.6 Å². The molecule has 0 N–H and O–H groups in total. The third-order valence-corrected chi connectivity index (χ3v) is 2.72. The maximum absolute atomic E-state index is 12.2. The summed E-state index contributed by atoms with van der Waals surface area (Å²) in [6.45, 7) is 4.43. The van der Waals surface area contributed by atoms with Gasteiger partial charge in [0.25, 0.3) is 0 Å². The number of carbonyl (C=O) groups excluding carboxylic acids is 2. The van der Waals surface area contributed by atoms with Crippen LogP contribution in [0.2, 0.25) is 0 Å². The molecule has 1 aliphatic carbocycles. The summed E-state index contributed by atoms with van der Waals surface area (Å²) in [4.78, 5) is 23.2.